The number of aryl methyl sites for hydroxylation is 2. The first kappa shape index (κ1) is 57.9. The number of fused-ring (bicyclic) bond motifs is 2. The molecule has 0 unspecified atom stereocenters. The minimum atomic E-state index is -4.54. The summed E-state index contributed by atoms with van der Waals surface area (Å²) in [5.41, 5.74) is 1.88. The average molecular weight is 1220 g/mol. The van der Waals surface area contributed by atoms with Gasteiger partial charge in [-0.15, -0.1) is 5.11 Å². The van der Waals surface area contributed by atoms with Gasteiger partial charge in [0, 0.05) is 28.6 Å². The van der Waals surface area contributed by atoms with E-state index in [0.717, 1.165) is 0 Å². The van der Waals surface area contributed by atoms with Crippen molar-refractivity contribution in [2.45, 2.75) is 36.5 Å². The second-order valence-electron chi connectivity index (χ2n) is 15.8. The van der Waals surface area contributed by atoms with Crippen LogP contribution in [-0.2, 0) is 33.1 Å². The van der Waals surface area contributed by atoms with Crippen molar-refractivity contribution in [2.24, 2.45) is 25.4 Å². The first-order valence-electron chi connectivity index (χ1n) is 22.0. The summed E-state index contributed by atoms with van der Waals surface area (Å²) in [6, 6.07) is 35.2. The molecule has 0 saturated carbocycles. The maximum absolute atomic E-state index is 13.4. The van der Waals surface area contributed by atoms with Gasteiger partial charge in [-0.05, 0) is 107 Å². The van der Waals surface area contributed by atoms with Crippen molar-refractivity contribution in [3.63, 3.8) is 0 Å². The Balaban J connectivity index is 0.000000241. The van der Waals surface area contributed by atoms with Crippen LogP contribution in [0.3, 0.4) is 0 Å². The van der Waals surface area contributed by atoms with E-state index in [-0.39, 0.29) is 98.6 Å². The summed E-state index contributed by atoms with van der Waals surface area (Å²) in [6.07, 6.45) is 0.709. The third kappa shape index (κ3) is 13.7. The molecule has 23 heteroatoms. The number of aromatic hydroxyl groups is 1. The number of carbonyl (C=O) groups is 1. The van der Waals surface area contributed by atoms with E-state index in [1.807, 2.05) is 0 Å². The van der Waals surface area contributed by atoms with E-state index in [1.165, 1.54) is 44.6 Å². The summed E-state index contributed by atoms with van der Waals surface area (Å²) in [5, 5.41) is 58.7. The zero-order chi connectivity index (χ0) is 53.5. The first-order valence-corrected chi connectivity index (χ1v) is 25.6. The number of hydrogen-bond donors (Lipinski definition) is 4. The Morgan fingerprint density at radius 1 is 0.627 bits per heavy atom. The number of carbonyl (C=O) groups excluding carboxylic acids is 1. The molecule has 380 valence electrons. The van der Waals surface area contributed by atoms with Crippen LogP contribution in [0.4, 0.5) is 34.1 Å². The van der Waals surface area contributed by atoms with Gasteiger partial charge in [-0.25, -0.2) is 0 Å². The van der Waals surface area contributed by atoms with Crippen LogP contribution in [-0.4, -0.2) is 106 Å². The molecule has 0 aliphatic heterocycles. The summed E-state index contributed by atoms with van der Waals surface area (Å²) >= 11 is 12.1. The van der Waals surface area contributed by atoms with E-state index in [0.29, 0.717) is 68.4 Å². The van der Waals surface area contributed by atoms with E-state index in [2.05, 4.69) is 30.8 Å². The largest absolute Gasteiger partial charge is 2.00 e. The van der Waals surface area contributed by atoms with Crippen molar-refractivity contribution < 1.29 is 55.5 Å². The molecular formula is C52H42BaCl2N6O12S2. The zero-order valence-corrected chi connectivity index (χ0v) is 47.7. The molecule has 0 radical (unpaired) electrons. The number of nitrogens with one attached hydrogen (secondary N) is 1. The maximum Gasteiger partial charge on any atom is 2.00 e. The molecule has 0 fully saturated rings. The Labute approximate surface area is 481 Å². The van der Waals surface area contributed by atoms with Crippen molar-refractivity contribution in [3.05, 3.63) is 166 Å². The summed E-state index contributed by atoms with van der Waals surface area (Å²) in [5.74, 6) is -1.31. The molecule has 75 heavy (non-hydrogen) atoms. The SMILES string of the molecule is CCc1cc(S(=O)(=O)O)c(Cl)cc1N=Nc1c(O)c(C(=O)Nc2cccc(OC)c2)cc2ccccc12.CCc1cc(S(=O)(=O)O)c(Cl)cc1N=Nc1c([O-])c(C([O-])=Nc2cccc(OC)c2)cc2ccccc12.[Ba+2]. The van der Waals surface area contributed by atoms with Gasteiger partial charge >= 0.3 is 48.9 Å². The Bertz CT molecular complexity index is 3830. The molecule has 0 spiro atoms. The fourth-order valence-electron chi connectivity index (χ4n) is 7.44. The van der Waals surface area contributed by atoms with Crippen LogP contribution >= 0.6 is 23.2 Å². The van der Waals surface area contributed by atoms with Crippen molar-refractivity contribution in [3.8, 4) is 23.0 Å². The molecule has 8 aromatic carbocycles. The number of ether oxygens (including phenoxy) is 2. The molecule has 0 bridgehead atoms. The van der Waals surface area contributed by atoms with Crippen LogP contribution in [0.25, 0.3) is 21.5 Å². The van der Waals surface area contributed by atoms with Gasteiger partial charge in [0.25, 0.3) is 26.1 Å². The number of methoxy groups -OCH3 is 2. The fraction of sp³-hybridized carbons (Fsp3) is 0.115. The second-order valence-corrected chi connectivity index (χ2v) is 19.4. The molecule has 0 heterocycles. The van der Waals surface area contributed by atoms with Crippen LogP contribution in [0.1, 0.15) is 40.9 Å². The average Bonchev–Trinajstić information content (AvgIpc) is 3.37. The minimum absolute atomic E-state index is 0. The minimum Gasteiger partial charge on any atom is -0.871 e. The number of nitrogens with zero attached hydrogens (tertiary/aromatic N) is 5. The Morgan fingerprint density at radius 3 is 1.63 bits per heavy atom. The molecule has 18 nitrogen and oxygen atoms in total. The smallest absolute Gasteiger partial charge is 0.871 e. The molecule has 0 aliphatic rings. The number of amides is 1. The summed E-state index contributed by atoms with van der Waals surface area (Å²) in [4.78, 5) is 16.3. The van der Waals surface area contributed by atoms with Gasteiger partial charge in [-0.3, -0.25) is 18.9 Å². The monoisotopic (exact) mass is 1210 g/mol. The molecule has 8 aromatic rings. The van der Waals surface area contributed by atoms with E-state index in [1.54, 1.807) is 117 Å². The van der Waals surface area contributed by atoms with Crippen LogP contribution in [0.2, 0.25) is 10.0 Å². The third-order valence-corrected chi connectivity index (χ3v) is 13.8. The summed E-state index contributed by atoms with van der Waals surface area (Å²) in [6.45, 7) is 3.52. The number of benzene rings is 8. The van der Waals surface area contributed by atoms with Gasteiger partial charge in [0.05, 0.1) is 52.6 Å². The number of hydrogen-bond acceptors (Lipinski definition) is 15. The Hall–Kier alpha value is -6.41. The van der Waals surface area contributed by atoms with Crippen LogP contribution in [0.15, 0.2) is 169 Å². The summed E-state index contributed by atoms with van der Waals surface area (Å²) < 4.78 is 75.6. The first-order chi connectivity index (χ1) is 35.2. The molecule has 0 aromatic heterocycles. The number of phenols is 1. The van der Waals surface area contributed by atoms with Gasteiger partial charge in [0.2, 0.25) is 0 Å². The van der Waals surface area contributed by atoms with E-state index in [9.17, 15) is 46.1 Å². The topological polar surface area (TPSA) is 284 Å². The Morgan fingerprint density at radius 2 is 1.11 bits per heavy atom. The zero-order valence-electron chi connectivity index (χ0n) is 40.1. The van der Waals surface area contributed by atoms with Gasteiger partial charge in [-0.2, -0.15) is 32.2 Å². The number of azo groups is 2. The third-order valence-electron chi connectivity index (χ3n) is 11.2. The quantitative estimate of drug-likeness (QED) is 0.0260. The molecule has 1 amide bonds. The van der Waals surface area contributed by atoms with E-state index < -0.39 is 47.6 Å². The number of halogens is 2. The molecule has 4 N–H and O–H groups in total. The van der Waals surface area contributed by atoms with Gasteiger partial charge in [-0.1, -0.05) is 103 Å². The fourth-order valence-corrected chi connectivity index (χ4v) is 9.54. The number of anilines is 1. The second kappa shape index (κ2) is 25.0. The van der Waals surface area contributed by atoms with Gasteiger partial charge < -0.3 is 30.1 Å². The predicted octanol–water partition coefficient (Wildman–Crippen LogP) is 11.5. The van der Waals surface area contributed by atoms with E-state index >= 15 is 0 Å². The molecule has 0 atom stereocenters. The van der Waals surface area contributed by atoms with Crippen LogP contribution < -0.4 is 25.0 Å². The molecule has 0 saturated heterocycles. The van der Waals surface area contributed by atoms with Crippen LogP contribution in [0, 0.1) is 0 Å². The van der Waals surface area contributed by atoms with Crippen molar-refractivity contribution in [1.82, 2.24) is 0 Å². The molecular weight excluding hydrogens is 1170 g/mol. The normalized spacial score (nSPS) is 11.9. The standard InChI is InChI=1S/2C26H22ClN3O6S.Ba/c2*1-3-15-12-23(37(33,34)35)21(27)14-22(15)29-30-24-19-10-5-4-7-16(19)11-20(25(24)31)26(32)28-17-8-6-9-18(13-17)36-2;/h2*4-14,31H,3H2,1-2H3,(H,28,32)(H,33,34,35);/q;;+2/p-2. The maximum atomic E-state index is 13.4. The number of phenolic OH excluding ortho intramolecular Hbond substituents is 1. The molecule has 0 aliphatic carbocycles. The summed E-state index contributed by atoms with van der Waals surface area (Å²) in [7, 11) is -6.06. The van der Waals surface area contributed by atoms with Crippen LogP contribution in [0.5, 0.6) is 23.0 Å². The van der Waals surface area contributed by atoms with Crippen molar-refractivity contribution >= 4 is 160 Å². The Kier molecular flexibility index (Phi) is 19.3. The van der Waals surface area contributed by atoms with Gasteiger partial charge in [0.1, 0.15) is 27.0 Å². The van der Waals surface area contributed by atoms with E-state index in [4.69, 9.17) is 32.7 Å². The number of rotatable bonds is 14. The van der Waals surface area contributed by atoms with Crippen molar-refractivity contribution in [1.29, 1.82) is 0 Å². The van der Waals surface area contributed by atoms with Gasteiger partial charge in [0.15, 0.2) is 5.75 Å². The van der Waals surface area contributed by atoms with Crippen molar-refractivity contribution in [2.75, 3.05) is 19.5 Å². The number of aliphatic imine (C=N–C) groups is 1. The predicted molar refractivity (Wildman–Crippen MR) is 285 cm³/mol. The molecule has 8 rings (SSSR count).